The molecule has 2 aromatic heterocycles. The van der Waals surface area contributed by atoms with Gasteiger partial charge in [-0.15, -0.1) is 0 Å². The number of aromatic nitrogens is 2. The highest BCUT2D eigenvalue weighted by atomic mass is 79.9. The maximum atomic E-state index is 5.78. The molecule has 80 valence electrons. The van der Waals surface area contributed by atoms with E-state index in [0.717, 1.165) is 20.9 Å². The maximum Gasteiger partial charge on any atom is 0.191 e. The molecule has 0 saturated heterocycles. The van der Waals surface area contributed by atoms with Crippen molar-refractivity contribution in [3.05, 3.63) is 35.1 Å². The Morgan fingerprint density at radius 3 is 3.00 bits per heavy atom. The van der Waals surface area contributed by atoms with E-state index in [9.17, 15) is 0 Å². The number of benzene rings is 1. The lowest BCUT2D eigenvalue weighted by molar-refractivity contribution is 0.433. The first-order chi connectivity index (χ1) is 7.75. The Bertz CT molecular complexity index is 656. The number of hydrogen-bond donors (Lipinski definition) is 2. The van der Waals surface area contributed by atoms with Gasteiger partial charge in [0.25, 0.3) is 0 Å². The first kappa shape index (κ1) is 9.47. The molecule has 0 unspecified atom stereocenters. The summed E-state index contributed by atoms with van der Waals surface area (Å²) in [6.07, 6.45) is 3.38. The Hall–Kier alpha value is -1.75. The third-order valence-corrected chi connectivity index (χ3v) is 2.98. The van der Waals surface area contributed by atoms with Gasteiger partial charge in [-0.2, -0.15) is 0 Å². The summed E-state index contributed by atoms with van der Waals surface area (Å²) in [5.41, 5.74) is 8.28. The normalized spacial score (nSPS) is 11.1. The second-order valence-corrected chi connectivity index (χ2v) is 4.42. The van der Waals surface area contributed by atoms with Gasteiger partial charge in [-0.25, -0.2) is 0 Å². The minimum absolute atomic E-state index is 0.542. The average molecular weight is 278 g/mol. The molecule has 0 aliphatic heterocycles. The highest BCUT2D eigenvalue weighted by Crippen LogP contribution is 2.33. The largest absolute Gasteiger partial charge is 0.394 e. The van der Waals surface area contributed by atoms with Crippen LogP contribution in [0.4, 0.5) is 5.69 Å². The summed E-state index contributed by atoms with van der Waals surface area (Å²) in [5, 5.41) is 4.73. The van der Waals surface area contributed by atoms with Crippen molar-refractivity contribution in [2.75, 3.05) is 5.73 Å². The van der Waals surface area contributed by atoms with Crippen LogP contribution in [-0.4, -0.2) is 10.1 Å². The van der Waals surface area contributed by atoms with Crippen LogP contribution in [0.1, 0.15) is 0 Å². The molecule has 0 spiro atoms. The number of hydrogen-bond acceptors (Lipinski definition) is 3. The molecule has 0 radical (unpaired) electrons. The fourth-order valence-corrected chi connectivity index (χ4v) is 2.09. The molecule has 3 N–H and O–H groups in total. The third kappa shape index (κ3) is 1.32. The zero-order valence-electron chi connectivity index (χ0n) is 8.20. The van der Waals surface area contributed by atoms with E-state index in [1.54, 1.807) is 0 Å². The molecular formula is C11H8BrN3O. The van der Waals surface area contributed by atoms with E-state index in [4.69, 9.17) is 10.3 Å². The lowest BCUT2D eigenvalue weighted by Crippen LogP contribution is -1.83. The first-order valence-corrected chi connectivity index (χ1v) is 5.52. The standard InChI is InChI=1S/C11H8BrN3O/c12-6-1-2-10-7(3-6)8(4-14-10)11-9(13)5-15-16-11/h1-5,14H,13H2. The Balaban J connectivity index is 2.32. The summed E-state index contributed by atoms with van der Waals surface area (Å²) in [7, 11) is 0. The molecule has 0 aliphatic carbocycles. The maximum absolute atomic E-state index is 5.78. The minimum atomic E-state index is 0.542. The Labute approximate surface area is 99.6 Å². The summed E-state index contributed by atoms with van der Waals surface area (Å²) < 4.78 is 6.16. The van der Waals surface area contributed by atoms with Crippen molar-refractivity contribution in [1.29, 1.82) is 0 Å². The fraction of sp³-hybridized carbons (Fsp3) is 0. The molecule has 4 nitrogen and oxygen atoms in total. The van der Waals surface area contributed by atoms with Crippen molar-refractivity contribution < 1.29 is 4.52 Å². The molecule has 3 rings (SSSR count). The molecule has 2 heterocycles. The Morgan fingerprint density at radius 2 is 2.25 bits per heavy atom. The summed E-state index contributed by atoms with van der Waals surface area (Å²) >= 11 is 3.44. The number of nitrogens with two attached hydrogens (primary N) is 1. The molecule has 0 atom stereocenters. The number of H-pyrrole nitrogens is 1. The van der Waals surface area contributed by atoms with E-state index in [-0.39, 0.29) is 0 Å². The number of nitrogens with zero attached hydrogens (tertiary/aromatic N) is 1. The number of aromatic amines is 1. The number of anilines is 1. The molecule has 0 amide bonds. The second-order valence-electron chi connectivity index (χ2n) is 3.50. The molecular weight excluding hydrogens is 270 g/mol. The van der Waals surface area contributed by atoms with Gasteiger partial charge >= 0.3 is 0 Å². The van der Waals surface area contributed by atoms with Gasteiger partial charge in [0.1, 0.15) is 5.69 Å². The van der Waals surface area contributed by atoms with E-state index in [2.05, 4.69) is 26.1 Å². The van der Waals surface area contributed by atoms with E-state index in [1.165, 1.54) is 6.20 Å². The van der Waals surface area contributed by atoms with E-state index in [0.29, 0.717) is 11.4 Å². The molecule has 1 aromatic carbocycles. The van der Waals surface area contributed by atoms with Crippen molar-refractivity contribution in [3.8, 4) is 11.3 Å². The van der Waals surface area contributed by atoms with Crippen LogP contribution in [0.2, 0.25) is 0 Å². The number of nitrogens with one attached hydrogen (secondary N) is 1. The van der Waals surface area contributed by atoms with E-state index in [1.807, 2.05) is 24.4 Å². The van der Waals surface area contributed by atoms with Gasteiger partial charge in [0.15, 0.2) is 5.76 Å². The van der Waals surface area contributed by atoms with Crippen LogP contribution >= 0.6 is 15.9 Å². The second kappa shape index (κ2) is 3.38. The number of fused-ring (bicyclic) bond motifs is 1. The van der Waals surface area contributed by atoms with E-state index >= 15 is 0 Å². The van der Waals surface area contributed by atoms with Crippen molar-refractivity contribution in [1.82, 2.24) is 10.1 Å². The monoisotopic (exact) mass is 277 g/mol. The summed E-state index contributed by atoms with van der Waals surface area (Å²) in [6, 6.07) is 5.99. The molecule has 0 aliphatic rings. The molecule has 16 heavy (non-hydrogen) atoms. The van der Waals surface area contributed by atoms with Crippen LogP contribution in [0.15, 0.2) is 39.6 Å². The van der Waals surface area contributed by atoms with Gasteiger partial charge in [0, 0.05) is 27.1 Å². The summed E-state index contributed by atoms with van der Waals surface area (Å²) in [6.45, 7) is 0. The van der Waals surface area contributed by atoms with Crippen molar-refractivity contribution in [3.63, 3.8) is 0 Å². The van der Waals surface area contributed by atoms with E-state index < -0.39 is 0 Å². The molecule has 3 aromatic rings. The zero-order chi connectivity index (χ0) is 11.1. The van der Waals surface area contributed by atoms with Crippen LogP contribution in [-0.2, 0) is 0 Å². The SMILES string of the molecule is Nc1cnoc1-c1c[nH]c2ccc(Br)cc12. The average Bonchev–Trinajstić information content (AvgIpc) is 2.83. The Morgan fingerprint density at radius 1 is 1.38 bits per heavy atom. The predicted octanol–water partition coefficient (Wildman–Crippen LogP) is 3.17. The van der Waals surface area contributed by atoms with Gasteiger partial charge in [0.2, 0.25) is 0 Å². The van der Waals surface area contributed by atoms with Crippen molar-refractivity contribution >= 4 is 32.5 Å². The molecule has 5 heteroatoms. The van der Waals surface area contributed by atoms with Gasteiger partial charge in [-0.05, 0) is 18.2 Å². The third-order valence-electron chi connectivity index (χ3n) is 2.49. The van der Waals surface area contributed by atoms with Crippen LogP contribution in [0, 0.1) is 0 Å². The predicted molar refractivity (Wildman–Crippen MR) is 65.9 cm³/mol. The summed E-state index contributed by atoms with van der Waals surface area (Å²) in [4.78, 5) is 3.17. The molecule has 0 saturated carbocycles. The fourth-order valence-electron chi connectivity index (χ4n) is 1.73. The van der Waals surface area contributed by atoms with Crippen molar-refractivity contribution in [2.24, 2.45) is 0 Å². The van der Waals surface area contributed by atoms with Crippen LogP contribution in [0.5, 0.6) is 0 Å². The van der Waals surface area contributed by atoms with Gasteiger partial charge in [-0.1, -0.05) is 21.1 Å². The number of halogens is 1. The lowest BCUT2D eigenvalue weighted by atomic mass is 10.1. The zero-order valence-corrected chi connectivity index (χ0v) is 9.78. The quantitative estimate of drug-likeness (QED) is 0.718. The van der Waals surface area contributed by atoms with Gasteiger partial charge in [0.05, 0.1) is 6.20 Å². The van der Waals surface area contributed by atoms with Crippen LogP contribution < -0.4 is 5.73 Å². The van der Waals surface area contributed by atoms with Crippen molar-refractivity contribution in [2.45, 2.75) is 0 Å². The molecule has 0 fully saturated rings. The Kier molecular flexibility index (Phi) is 2.00. The number of rotatable bonds is 1. The van der Waals surface area contributed by atoms with Gasteiger partial charge < -0.3 is 15.2 Å². The smallest absolute Gasteiger partial charge is 0.191 e. The highest BCUT2D eigenvalue weighted by molar-refractivity contribution is 9.10. The van der Waals surface area contributed by atoms with Gasteiger partial charge in [-0.3, -0.25) is 0 Å². The van der Waals surface area contributed by atoms with Crippen LogP contribution in [0.3, 0.4) is 0 Å². The summed E-state index contributed by atoms with van der Waals surface area (Å²) in [5.74, 6) is 0.601. The molecule has 0 bridgehead atoms. The topological polar surface area (TPSA) is 67.8 Å². The number of nitrogen functional groups attached to an aromatic ring is 1. The first-order valence-electron chi connectivity index (χ1n) is 4.73. The highest BCUT2D eigenvalue weighted by Gasteiger charge is 2.13. The lowest BCUT2D eigenvalue weighted by Gasteiger charge is -1.96. The van der Waals surface area contributed by atoms with Crippen LogP contribution in [0.25, 0.3) is 22.2 Å². The minimum Gasteiger partial charge on any atom is -0.394 e.